The van der Waals surface area contributed by atoms with Gasteiger partial charge in [0.05, 0.1) is 5.92 Å². The number of hydrogen-bond acceptors (Lipinski definition) is 3. The van der Waals surface area contributed by atoms with Gasteiger partial charge in [-0.1, -0.05) is 42.0 Å². The molecule has 26 heavy (non-hydrogen) atoms. The van der Waals surface area contributed by atoms with Crippen molar-refractivity contribution in [2.45, 2.75) is 19.8 Å². The summed E-state index contributed by atoms with van der Waals surface area (Å²) in [7, 11) is 0. The maximum absolute atomic E-state index is 12.2. The van der Waals surface area contributed by atoms with Crippen molar-refractivity contribution in [2.24, 2.45) is 5.92 Å². The Balaban J connectivity index is 1.51. The Morgan fingerprint density at radius 1 is 1.00 bits per heavy atom. The number of nitrogens with zero attached hydrogens (tertiary/aromatic N) is 1. The number of aryl methyl sites for hydroxylation is 1. The van der Waals surface area contributed by atoms with E-state index in [4.69, 9.17) is 9.84 Å². The minimum atomic E-state index is -0.776. The molecule has 0 spiro atoms. The SMILES string of the molecule is Cc1ccc(-c2ccc(OCC(=O)N3CCC(C(=O)O)CC3)cc2)cc1. The number of hydrogen-bond donors (Lipinski definition) is 1. The lowest BCUT2D eigenvalue weighted by molar-refractivity contribution is -0.146. The fourth-order valence-corrected chi connectivity index (χ4v) is 3.10. The van der Waals surface area contributed by atoms with Crippen molar-refractivity contribution >= 4 is 11.9 Å². The number of benzene rings is 2. The summed E-state index contributed by atoms with van der Waals surface area (Å²) in [6, 6.07) is 16.0. The van der Waals surface area contributed by atoms with Crippen molar-refractivity contribution in [3.8, 4) is 16.9 Å². The average Bonchev–Trinajstić information content (AvgIpc) is 2.67. The van der Waals surface area contributed by atoms with Gasteiger partial charge in [0.15, 0.2) is 6.61 Å². The maximum atomic E-state index is 12.2. The highest BCUT2D eigenvalue weighted by Crippen LogP contribution is 2.23. The summed E-state index contributed by atoms with van der Waals surface area (Å²) in [6.45, 7) is 2.99. The van der Waals surface area contributed by atoms with Gasteiger partial charge in [-0.15, -0.1) is 0 Å². The predicted octanol–water partition coefficient (Wildman–Crippen LogP) is 3.36. The van der Waals surface area contributed by atoms with E-state index in [1.807, 2.05) is 24.3 Å². The first kappa shape index (κ1) is 18.0. The standard InChI is InChI=1S/C21H23NO4/c1-15-2-4-16(5-3-15)17-6-8-19(9-7-17)26-14-20(23)22-12-10-18(11-13-22)21(24)25/h2-9,18H,10-14H2,1H3,(H,24,25). The minimum Gasteiger partial charge on any atom is -0.484 e. The Morgan fingerprint density at radius 3 is 2.08 bits per heavy atom. The number of carboxylic acids is 1. The second-order valence-corrected chi connectivity index (χ2v) is 6.67. The summed E-state index contributed by atoms with van der Waals surface area (Å²) >= 11 is 0. The van der Waals surface area contributed by atoms with Gasteiger partial charge < -0.3 is 14.7 Å². The fourth-order valence-electron chi connectivity index (χ4n) is 3.10. The predicted molar refractivity (Wildman–Crippen MR) is 99.0 cm³/mol. The lowest BCUT2D eigenvalue weighted by Gasteiger charge is -2.30. The highest BCUT2D eigenvalue weighted by atomic mass is 16.5. The molecule has 0 radical (unpaired) electrons. The molecule has 1 N–H and O–H groups in total. The maximum Gasteiger partial charge on any atom is 0.306 e. The van der Waals surface area contributed by atoms with Crippen LogP contribution in [0, 0.1) is 12.8 Å². The molecule has 136 valence electrons. The number of amides is 1. The van der Waals surface area contributed by atoms with Gasteiger partial charge in [-0.05, 0) is 43.0 Å². The molecular weight excluding hydrogens is 330 g/mol. The second-order valence-electron chi connectivity index (χ2n) is 6.67. The van der Waals surface area contributed by atoms with Gasteiger partial charge in [0, 0.05) is 13.1 Å². The molecule has 1 amide bonds. The number of carboxylic acid groups (broad SMARTS) is 1. The Labute approximate surface area is 153 Å². The molecule has 3 rings (SSSR count). The van der Waals surface area contributed by atoms with Crippen molar-refractivity contribution in [2.75, 3.05) is 19.7 Å². The molecule has 5 nitrogen and oxygen atoms in total. The van der Waals surface area contributed by atoms with E-state index in [1.54, 1.807) is 4.90 Å². The Kier molecular flexibility index (Phi) is 5.56. The molecule has 0 aromatic heterocycles. The molecule has 1 fully saturated rings. The summed E-state index contributed by atoms with van der Waals surface area (Å²) in [6.07, 6.45) is 1.01. The van der Waals surface area contributed by atoms with E-state index in [0.717, 1.165) is 11.1 Å². The highest BCUT2D eigenvalue weighted by molar-refractivity contribution is 5.78. The van der Waals surface area contributed by atoms with Crippen LogP contribution in [-0.4, -0.2) is 41.6 Å². The normalized spacial score (nSPS) is 14.9. The average molecular weight is 353 g/mol. The van der Waals surface area contributed by atoms with Crippen LogP contribution >= 0.6 is 0 Å². The summed E-state index contributed by atoms with van der Waals surface area (Å²) < 4.78 is 5.60. The lowest BCUT2D eigenvalue weighted by atomic mass is 9.97. The van der Waals surface area contributed by atoms with Gasteiger partial charge in [-0.25, -0.2) is 0 Å². The number of piperidine rings is 1. The third-order valence-corrected chi connectivity index (χ3v) is 4.80. The van der Waals surface area contributed by atoms with Gasteiger partial charge in [-0.2, -0.15) is 0 Å². The first-order chi connectivity index (χ1) is 12.5. The molecule has 1 aliphatic heterocycles. The van der Waals surface area contributed by atoms with Gasteiger partial charge in [-0.3, -0.25) is 9.59 Å². The monoisotopic (exact) mass is 353 g/mol. The van der Waals surface area contributed by atoms with Crippen molar-refractivity contribution in [1.82, 2.24) is 4.90 Å². The fraction of sp³-hybridized carbons (Fsp3) is 0.333. The molecule has 0 unspecified atom stereocenters. The molecule has 1 heterocycles. The van der Waals surface area contributed by atoms with Crippen LogP contribution in [-0.2, 0) is 9.59 Å². The molecule has 5 heteroatoms. The van der Waals surface area contributed by atoms with Gasteiger partial charge in [0.2, 0.25) is 0 Å². The van der Waals surface area contributed by atoms with E-state index in [-0.39, 0.29) is 18.4 Å². The van der Waals surface area contributed by atoms with Crippen LogP contribution in [0.2, 0.25) is 0 Å². The van der Waals surface area contributed by atoms with Gasteiger partial charge >= 0.3 is 5.97 Å². The van der Waals surface area contributed by atoms with E-state index < -0.39 is 5.97 Å². The van der Waals surface area contributed by atoms with E-state index in [0.29, 0.717) is 31.7 Å². The van der Waals surface area contributed by atoms with Gasteiger partial charge in [0.1, 0.15) is 5.75 Å². The van der Waals surface area contributed by atoms with Crippen LogP contribution < -0.4 is 4.74 Å². The van der Waals surface area contributed by atoms with Crippen molar-refractivity contribution in [3.63, 3.8) is 0 Å². The smallest absolute Gasteiger partial charge is 0.306 e. The molecular formula is C21H23NO4. The minimum absolute atomic E-state index is 0.0262. The molecule has 2 aromatic rings. The number of likely N-dealkylation sites (tertiary alicyclic amines) is 1. The Bertz CT molecular complexity index is 760. The highest BCUT2D eigenvalue weighted by Gasteiger charge is 2.26. The molecule has 1 saturated heterocycles. The summed E-state index contributed by atoms with van der Waals surface area (Å²) in [5.74, 6) is -0.567. The number of rotatable bonds is 5. The van der Waals surface area contributed by atoms with Crippen LogP contribution in [0.25, 0.3) is 11.1 Å². The zero-order valence-corrected chi connectivity index (χ0v) is 14.9. The Hall–Kier alpha value is -2.82. The third-order valence-electron chi connectivity index (χ3n) is 4.80. The second kappa shape index (κ2) is 8.04. The summed E-state index contributed by atoms with van der Waals surface area (Å²) in [4.78, 5) is 24.9. The molecule has 0 aliphatic carbocycles. The van der Waals surface area contributed by atoms with E-state index in [2.05, 4.69) is 31.2 Å². The first-order valence-electron chi connectivity index (χ1n) is 8.83. The molecule has 1 aliphatic rings. The largest absolute Gasteiger partial charge is 0.484 e. The zero-order chi connectivity index (χ0) is 18.5. The molecule has 2 aromatic carbocycles. The van der Waals surface area contributed by atoms with Gasteiger partial charge in [0.25, 0.3) is 5.91 Å². The number of carbonyl (C=O) groups excluding carboxylic acids is 1. The summed E-state index contributed by atoms with van der Waals surface area (Å²) in [5.41, 5.74) is 3.46. The molecule has 0 atom stereocenters. The zero-order valence-electron chi connectivity index (χ0n) is 14.9. The summed E-state index contributed by atoms with van der Waals surface area (Å²) in [5, 5.41) is 9.01. The quantitative estimate of drug-likeness (QED) is 0.895. The van der Waals surface area contributed by atoms with Crippen LogP contribution in [0.3, 0.4) is 0 Å². The lowest BCUT2D eigenvalue weighted by Crippen LogP contribution is -2.42. The first-order valence-corrected chi connectivity index (χ1v) is 8.83. The van der Waals surface area contributed by atoms with Crippen molar-refractivity contribution in [3.05, 3.63) is 54.1 Å². The molecule has 0 bridgehead atoms. The van der Waals surface area contributed by atoms with Crippen molar-refractivity contribution in [1.29, 1.82) is 0 Å². The van der Waals surface area contributed by atoms with E-state index in [1.165, 1.54) is 5.56 Å². The topological polar surface area (TPSA) is 66.8 Å². The van der Waals surface area contributed by atoms with Crippen LogP contribution in [0.4, 0.5) is 0 Å². The number of aliphatic carboxylic acids is 1. The van der Waals surface area contributed by atoms with Crippen molar-refractivity contribution < 1.29 is 19.4 Å². The van der Waals surface area contributed by atoms with E-state index in [9.17, 15) is 9.59 Å². The van der Waals surface area contributed by atoms with E-state index >= 15 is 0 Å². The van der Waals surface area contributed by atoms with Crippen LogP contribution in [0.5, 0.6) is 5.75 Å². The number of carbonyl (C=O) groups is 2. The molecule has 0 saturated carbocycles. The third kappa shape index (κ3) is 4.42. The Morgan fingerprint density at radius 2 is 1.54 bits per heavy atom. The van der Waals surface area contributed by atoms with Crippen LogP contribution in [0.1, 0.15) is 18.4 Å². The number of ether oxygens (including phenoxy) is 1. The van der Waals surface area contributed by atoms with Crippen LogP contribution in [0.15, 0.2) is 48.5 Å².